The molecule has 5 heteroatoms. The van der Waals surface area contributed by atoms with Crippen molar-refractivity contribution in [3.63, 3.8) is 0 Å². The molecule has 1 spiro atoms. The lowest BCUT2D eigenvalue weighted by Gasteiger charge is -2.42. The van der Waals surface area contributed by atoms with Gasteiger partial charge in [-0.1, -0.05) is 0 Å². The summed E-state index contributed by atoms with van der Waals surface area (Å²) in [6, 6.07) is 1.91. The van der Waals surface area contributed by atoms with E-state index in [4.69, 9.17) is 9.47 Å². The first-order valence-electron chi connectivity index (χ1n) is 7.94. The van der Waals surface area contributed by atoms with E-state index in [1.807, 2.05) is 24.6 Å². The standard InChI is InChI=1S/C16H24N2O3/c1-3-18-14(10-12(2)17-18)15(19)13-4-7-21-16(11-13)5-8-20-9-6-16/h10,13H,3-9,11H2,1-2H3. The van der Waals surface area contributed by atoms with Gasteiger partial charge < -0.3 is 9.47 Å². The molecule has 2 aliphatic heterocycles. The lowest BCUT2D eigenvalue weighted by atomic mass is 9.78. The minimum Gasteiger partial charge on any atom is -0.381 e. The molecule has 0 aliphatic carbocycles. The lowest BCUT2D eigenvalue weighted by Crippen LogP contribution is -2.46. The number of carbonyl (C=O) groups is 1. The van der Waals surface area contributed by atoms with E-state index in [1.54, 1.807) is 0 Å². The summed E-state index contributed by atoms with van der Waals surface area (Å²) >= 11 is 0. The quantitative estimate of drug-likeness (QED) is 0.803. The van der Waals surface area contributed by atoms with E-state index in [-0.39, 0.29) is 17.3 Å². The molecule has 2 fully saturated rings. The van der Waals surface area contributed by atoms with Gasteiger partial charge in [-0.05, 0) is 45.6 Å². The minimum absolute atomic E-state index is 0.0539. The highest BCUT2D eigenvalue weighted by Gasteiger charge is 2.41. The zero-order chi connectivity index (χ0) is 14.9. The van der Waals surface area contributed by atoms with Crippen molar-refractivity contribution in [2.24, 2.45) is 5.92 Å². The molecule has 5 nitrogen and oxygen atoms in total. The van der Waals surface area contributed by atoms with Crippen molar-refractivity contribution in [1.82, 2.24) is 9.78 Å². The summed E-state index contributed by atoms with van der Waals surface area (Å²) in [6.45, 7) is 6.85. The second-order valence-electron chi connectivity index (χ2n) is 6.18. The maximum atomic E-state index is 12.9. The fourth-order valence-electron chi connectivity index (χ4n) is 3.54. The Labute approximate surface area is 125 Å². The maximum absolute atomic E-state index is 12.9. The summed E-state index contributed by atoms with van der Waals surface area (Å²) in [5.74, 6) is 0.282. The number of hydrogen-bond acceptors (Lipinski definition) is 4. The van der Waals surface area contributed by atoms with Crippen molar-refractivity contribution in [2.75, 3.05) is 19.8 Å². The molecule has 0 radical (unpaired) electrons. The Kier molecular flexibility index (Phi) is 4.13. The highest BCUT2D eigenvalue weighted by molar-refractivity contribution is 5.96. The molecule has 3 rings (SSSR count). The van der Waals surface area contributed by atoms with Crippen LogP contribution in [0.1, 0.15) is 48.8 Å². The van der Waals surface area contributed by atoms with Crippen LogP contribution >= 0.6 is 0 Å². The van der Waals surface area contributed by atoms with Gasteiger partial charge in [-0.25, -0.2) is 0 Å². The number of nitrogens with zero attached hydrogens (tertiary/aromatic N) is 2. The molecule has 1 unspecified atom stereocenters. The Morgan fingerprint density at radius 1 is 1.43 bits per heavy atom. The number of ketones is 1. The van der Waals surface area contributed by atoms with E-state index >= 15 is 0 Å². The van der Waals surface area contributed by atoms with Crippen molar-refractivity contribution in [2.45, 2.75) is 51.7 Å². The number of hydrogen-bond donors (Lipinski definition) is 0. The summed E-state index contributed by atoms with van der Waals surface area (Å²) in [7, 11) is 0. The van der Waals surface area contributed by atoms with Crippen LogP contribution in [-0.2, 0) is 16.0 Å². The van der Waals surface area contributed by atoms with Gasteiger partial charge in [0.15, 0.2) is 5.78 Å². The fraction of sp³-hybridized carbons (Fsp3) is 0.750. The number of ether oxygens (including phenoxy) is 2. The van der Waals surface area contributed by atoms with Crippen molar-refractivity contribution >= 4 is 5.78 Å². The molecule has 0 amide bonds. The Hall–Kier alpha value is -1.20. The molecule has 2 aliphatic rings. The van der Waals surface area contributed by atoms with E-state index in [2.05, 4.69) is 5.10 Å². The number of Topliss-reactive ketones (excluding diaryl/α,β-unsaturated/α-hetero) is 1. The molecular weight excluding hydrogens is 268 g/mol. The molecule has 116 valence electrons. The van der Waals surface area contributed by atoms with E-state index in [0.717, 1.165) is 56.8 Å². The van der Waals surface area contributed by atoms with Crippen LogP contribution in [0, 0.1) is 12.8 Å². The fourth-order valence-corrected chi connectivity index (χ4v) is 3.54. The third-order valence-corrected chi connectivity index (χ3v) is 4.72. The van der Waals surface area contributed by atoms with Crippen LogP contribution in [0.2, 0.25) is 0 Å². The second-order valence-corrected chi connectivity index (χ2v) is 6.18. The highest BCUT2D eigenvalue weighted by Crippen LogP contribution is 2.38. The summed E-state index contributed by atoms with van der Waals surface area (Å²) in [4.78, 5) is 12.9. The van der Waals surface area contributed by atoms with Gasteiger partial charge in [-0.2, -0.15) is 5.10 Å². The molecule has 21 heavy (non-hydrogen) atoms. The number of carbonyl (C=O) groups excluding carboxylic acids is 1. The van der Waals surface area contributed by atoms with Gasteiger partial charge in [0.2, 0.25) is 0 Å². The van der Waals surface area contributed by atoms with Crippen LogP contribution in [0.5, 0.6) is 0 Å². The van der Waals surface area contributed by atoms with Crippen LogP contribution in [0.3, 0.4) is 0 Å². The Morgan fingerprint density at radius 3 is 2.90 bits per heavy atom. The molecule has 1 aromatic rings. The van der Waals surface area contributed by atoms with Crippen molar-refractivity contribution in [1.29, 1.82) is 0 Å². The molecule has 0 bridgehead atoms. The predicted molar refractivity (Wildman–Crippen MR) is 78.4 cm³/mol. The first kappa shape index (κ1) is 14.7. The molecule has 0 saturated carbocycles. The molecule has 3 heterocycles. The summed E-state index contributed by atoms with van der Waals surface area (Å²) < 4.78 is 13.3. The minimum atomic E-state index is -0.136. The van der Waals surface area contributed by atoms with E-state index in [0.29, 0.717) is 6.61 Å². The summed E-state index contributed by atoms with van der Waals surface area (Å²) in [6.07, 6.45) is 3.45. The van der Waals surface area contributed by atoms with Crippen molar-refractivity contribution in [3.8, 4) is 0 Å². The van der Waals surface area contributed by atoms with Crippen LogP contribution in [0.25, 0.3) is 0 Å². The average Bonchev–Trinajstić information content (AvgIpc) is 2.88. The summed E-state index contributed by atoms with van der Waals surface area (Å²) in [5.41, 5.74) is 1.53. The molecular formula is C16H24N2O3. The normalized spacial score (nSPS) is 25.1. The zero-order valence-corrected chi connectivity index (χ0v) is 12.9. The second kappa shape index (κ2) is 5.89. The van der Waals surface area contributed by atoms with Gasteiger partial charge in [-0.3, -0.25) is 9.48 Å². The Balaban J connectivity index is 1.77. The number of aromatic nitrogens is 2. The molecule has 1 aromatic heterocycles. The SMILES string of the molecule is CCn1nc(C)cc1C(=O)C1CCOC2(CCOCC2)C1. The van der Waals surface area contributed by atoms with Crippen molar-refractivity contribution in [3.05, 3.63) is 17.5 Å². The first-order valence-corrected chi connectivity index (χ1v) is 7.94. The molecule has 1 atom stereocenters. The van der Waals surface area contributed by atoms with Crippen LogP contribution in [0.4, 0.5) is 0 Å². The van der Waals surface area contributed by atoms with Gasteiger partial charge in [0.25, 0.3) is 0 Å². The number of rotatable bonds is 3. The van der Waals surface area contributed by atoms with Gasteiger partial charge in [-0.15, -0.1) is 0 Å². The molecule has 0 aromatic carbocycles. The van der Waals surface area contributed by atoms with Gasteiger partial charge >= 0.3 is 0 Å². The third-order valence-electron chi connectivity index (χ3n) is 4.72. The van der Waals surface area contributed by atoms with Gasteiger partial charge in [0, 0.05) is 32.3 Å². The molecule has 0 N–H and O–H groups in total. The third kappa shape index (κ3) is 2.90. The number of aryl methyl sites for hydroxylation is 2. The molecule has 2 saturated heterocycles. The monoisotopic (exact) mass is 292 g/mol. The van der Waals surface area contributed by atoms with Crippen molar-refractivity contribution < 1.29 is 14.3 Å². The predicted octanol–water partition coefficient (Wildman–Crippen LogP) is 2.37. The average molecular weight is 292 g/mol. The van der Waals surface area contributed by atoms with Crippen LogP contribution in [0.15, 0.2) is 6.07 Å². The highest BCUT2D eigenvalue weighted by atomic mass is 16.5. The Morgan fingerprint density at radius 2 is 2.19 bits per heavy atom. The van der Waals surface area contributed by atoms with Crippen LogP contribution in [-0.4, -0.2) is 41.0 Å². The largest absolute Gasteiger partial charge is 0.381 e. The topological polar surface area (TPSA) is 53.4 Å². The van der Waals surface area contributed by atoms with Gasteiger partial charge in [0.1, 0.15) is 5.69 Å². The van der Waals surface area contributed by atoms with E-state index < -0.39 is 0 Å². The Bertz CT molecular complexity index is 512. The van der Waals surface area contributed by atoms with E-state index in [1.165, 1.54) is 0 Å². The zero-order valence-electron chi connectivity index (χ0n) is 12.9. The van der Waals surface area contributed by atoms with Gasteiger partial charge in [0.05, 0.1) is 11.3 Å². The first-order chi connectivity index (χ1) is 10.1. The van der Waals surface area contributed by atoms with Crippen LogP contribution < -0.4 is 0 Å². The lowest BCUT2D eigenvalue weighted by molar-refractivity contribution is -0.142. The smallest absolute Gasteiger partial charge is 0.184 e. The maximum Gasteiger partial charge on any atom is 0.184 e. The van der Waals surface area contributed by atoms with E-state index in [9.17, 15) is 4.79 Å². The summed E-state index contributed by atoms with van der Waals surface area (Å²) in [5, 5.41) is 4.39.